The minimum absolute atomic E-state index is 0.100. The number of piperazine rings is 1. The van der Waals surface area contributed by atoms with Crippen LogP contribution in [0.1, 0.15) is 50.3 Å². The van der Waals surface area contributed by atoms with Crippen molar-refractivity contribution in [3.8, 4) is 0 Å². The van der Waals surface area contributed by atoms with Crippen LogP contribution in [0.25, 0.3) is 0 Å². The summed E-state index contributed by atoms with van der Waals surface area (Å²) in [4.78, 5) is 35.5. The summed E-state index contributed by atoms with van der Waals surface area (Å²) in [5.74, 6) is 0.712. The zero-order valence-electron chi connectivity index (χ0n) is 16.4. The van der Waals surface area contributed by atoms with Gasteiger partial charge in [0.05, 0.1) is 0 Å². The molecule has 2 N–H and O–H groups in total. The van der Waals surface area contributed by atoms with Gasteiger partial charge >= 0.3 is 5.69 Å². The second-order valence-corrected chi connectivity index (χ2v) is 8.00. The van der Waals surface area contributed by atoms with Crippen molar-refractivity contribution in [3.05, 3.63) is 27.9 Å². The molecule has 0 bridgehead atoms. The molecule has 0 aromatic carbocycles. The van der Waals surface area contributed by atoms with E-state index in [1.807, 2.05) is 0 Å². The fourth-order valence-corrected chi connectivity index (χ4v) is 3.54. The van der Waals surface area contributed by atoms with Gasteiger partial charge in [0.25, 0.3) is 5.91 Å². The smallest absolute Gasteiger partial charge is 0.345 e. The Morgan fingerprint density at radius 1 is 1.31 bits per heavy atom. The van der Waals surface area contributed by atoms with Crippen LogP contribution in [-0.4, -0.2) is 69.6 Å². The Kier molecular flexibility index (Phi) is 7.34. The Labute approximate surface area is 155 Å². The number of nitrogens with zero attached hydrogens (tertiary/aromatic N) is 3. The van der Waals surface area contributed by atoms with Crippen molar-refractivity contribution in [3.63, 3.8) is 0 Å². The fourth-order valence-electron chi connectivity index (χ4n) is 3.54. The Morgan fingerprint density at radius 2 is 2.04 bits per heavy atom. The van der Waals surface area contributed by atoms with E-state index in [4.69, 9.17) is 0 Å². The Balaban J connectivity index is 2.14. The van der Waals surface area contributed by atoms with Crippen molar-refractivity contribution >= 4 is 5.91 Å². The quantitative estimate of drug-likeness (QED) is 0.757. The third-order valence-corrected chi connectivity index (χ3v) is 4.60. The first-order valence-electron chi connectivity index (χ1n) is 9.54. The second kappa shape index (κ2) is 9.28. The highest BCUT2D eigenvalue weighted by Gasteiger charge is 2.30. The molecule has 1 aliphatic rings. The Hall–Kier alpha value is -1.73. The maximum atomic E-state index is 12.9. The summed E-state index contributed by atoms with van der Waals surface area (Å²) in [6.07, 6.45) is 1.34. The summed E-state index contributed by atoms with van der Waals surface area (Å²) in [6.45, 7) is 11.5. The number of aliphatic hydroxyl groups is 1. The normalized spacial score (nSPS) is 18.7. The van der Waals surface area contributed by atoms with Crippen molar-refractivity contribution in [1.82, 2.24) is 19.8 Å². The lowest BCUT2D eigenvalue weighted by atomic mass is 10.0. The average Bonchev–Trinajstić information content (AvgIpc) is 2.54. The highest BCUT2D eigenvalue weighted by molar-refractivity contribution is 5.92. The van der Waals surface area contributed by atoms with Crippen molar-refractivity contribution in [2.24, 2.45) is 11.8 Å². The lowest BCUT2D eigenvalue weighted by molar-refractivity contribution is 0.0380. The molecular formula is C19H32N4O3. The molecule has 26 heavy (non-hydrogen) atoms. The van der Waals surface area contributed by atoms with Crippen LogP contribution in [0.5, 0.6) is 0 Å². The third-order valence-electron chi connectivity index (χ3n) is 4.60. The minimum atomic E-state index is -0.475. The number of amides is 1. The van der Waals surface area contributed by atoms with Gasteiger partial charge in [-0.25, -0.2) is 4.79 Å². The lowest BCUT2D eigenvalue weighted by Gasteiger charge is -2.42. The predicted molar refractivity (Wildman–Crippen MR) is 101 cm³/mol. The van der Waals surface area contributed by atoms with Crippen LogP contribution in [0.3, 0.4) is 0 Å². The zero-order valence-corrected chi connectivity index (χ0v) is 16.4. The molecule has 7 nitrogen and oxygen atoms in total. The summed E-state index contributed by atoms with van der Waals surface area (Å²) in [5.41, 5.74) is 0.481. The van der Waals surface area contributed by atoms with Gasteiger partial charge in [-0.3, -0.25) is 9.69 Å². The molecule has 2 rings (SSSR count). The summed E-state index contributed by atoms with van der Waals surface area (Å²) >= 11 is 0. The van der Waals surface area contributed by atoms with E-state index in [2.05, 4.69) is 42.6 Å². The number of hydrogen-bond donors (Lipinski definition) is 2. The van der Waals surface area contributed by atoms with Gasteiger partial charge in [0.1, 0.15) is 5.69 Å². The first-order valence-corrected chi connectivity index (χ1v) is 9.54. The van der Waals surface area contributed by atoms with Gasteiger partial charge in [0, 0.05) is 44.5 Å². The van der Waals surface area contributed by atoms with Crippen molar-refractivity contribution in [2.75, 3.05) is 32.8 Å². The maximum absolute atomic E-state index is 12.9. The number of hydrogen-bond acceptors (Lipinski definition) is 5. The number of H-pyrrole nitrogens is 1. The summed E-state index contributed by atoms with van der Waals surface area (Å²) < 4.78 is 0. The second-order valence-electron chi connectivity index (χ2n) is 8.00. The molecule has 1 saturated heterocycles. The van der Waals surface area contributed by atoms with Crippen molar-refractivity contribution < 1.29 is 9.90 Å². The van der Waals surface area contributed by atoms with Gasteiger partial charge in [-0.15, -0.1) is 0 Å². The van der Waals surface area contributed by atoms with Gasteiger partial charge in [0.2, 0.25) is 0 Å². The van der Waals surface area contributed by atoms with E-state index < -0.39 is 5.69 Å². The number of rotatable bonds is 7. The monoisotopic (exact) mass is 364 g/mol. The molecule has 0 spiro atoms. The van der Waals surface area contributed by atoms with Gasteiger partial charge in [-0.2, -0.15) is 4.98 Å². The fraction of sp³-hybridized carbons (Fsp3) is 0.737. The highest BCUT2D eigenvalue weighted by atomic mass is 16.3. The zero-order chi connectivity index (χ0) is 19.3. The Bertz CT molecular complexity index is 656. The van der Waals surface area contributed by atoms with Gasteiger partial charge < -0.3 is 15.0 Å². The van der Waals surface area contributed by atoms with E-state index in [9.17, 15) is 14.7 Å². The summed E-state index contributed by atoms with van der Waals surface area (Å²) in [6, 6.07) is 1.84. The van der Waals surface area contributed by atoms with E-state index >= 15 is 0 Å². The van der Waals surface area contributed by atoms with Crippen LogP contribution in [0.4, 0.5) is 0 Å². The standard InChI is InChI=1S/C19H32N4O3/c1-13(2)9-15-10-17(21-19(26)20-15)18(25)23-7-6-22(11-14(3)4)16(12-23)5-8-24/h10,13-14,16,24H,5-9,11-12H2,1-4H3,(H,20,21,26)/t16-/m1/s1. The maximum Gasteiger partial charge on any atom is 0.345 e. The van der Waals surface area contributed by atoms with E-state index in [1.54, 1.807) is 11.0 Å². The molecule has 1 amide bonds. The molecule has 0 aliphatic carbocycles. The highest BCUT2D eigenvalue weighted by Crippen LogP contribution is 2.17. The largest absolute Gasteiger partial charge is 0.396 e. The first-order chi connectivity index (χ1) is 12.3. The molecule has 1 aromatic heterocycles. The van der Waals surface area contributed by atoms with Crippen LogP contribution in [0, 0.1) is 11.8 Å². The van der Waals surface area contributed by atoms with E-state index in [0.717, 1.165) is 18.8 Å². The molecule has 2 heterocycles. The number of aromatic nitrogens is 2. The predicted octanol–water partition coefficient (Wildman–Crippen LogP) is 1.13. The number of aromatic amines is 1. The summed E-state index contributed by atoms with van der Waals surface area (Å²) in [7, 11) is 0. The molecule has 7 heteroatoms. The SMILES string of the molecule is CC(C)Cc1cc(C(=O)N2CCN(CC(C)C)[C@H](CCO)C2)nc(=O)[nH]1. The third kappa shape index (κ3) is 5.64. The molecule has 0 unspecified atom stereocenters. The van der Waals surface area contributed by atoms with Crippen LogP contribution < -0.4 is 5.69 Å². The number of aliphatic hydroxyl groups excluding tert-OH is 1. The minimum Gasteiger partial charge on any atom is -0.396 e. The molecule has 1 aromatic rings. The topological polar surface area (TPSA) is 89.5 Å². The molecule has 146 valence electrons. The van der Waals surface area contributed by atoms with Crippen molar-refractivity contribution in [2.45, 2.75) is 46.6 Å². The van der Waals surface area contributed by atoms with Gasteiger partial charge in [-0.1, -0.05) is 27.7 Å². The average molecular weight is 364 g/mol. The molecule has 1 aliphatic heterocycles. The van der Waals surface area contributed by atoms with Gasteiger partial charge in [-0.05, 0) is 30.7 Å². The molecule has 0 saturated carbocycles. The van der Waals surface area contributed by atoms with E-state index in [-0.39, 0.29) is 24.2 Å². The van der Waals surface area contributed by atoms with Gasteiger partial charge in [0.15, 0.2) is 0 Å². The van der Waals surface area contributed by atoms with E-state index in [1.165, 1.54) is 0 Å². The van der Waals surface area contributed by atoms with Crippen LogP contribution in [0.15, 0.2) is 10.9 Å². The number of carbonyl (C=O) groups is 1. The van der Waals surface area contributed by atoms with E-state index in [0.29, 0.717) is 37.8 Å². The van der Waals surface area contributed by atoms with Crippen molar-refractivity contribution in [1.29, 1.82) is 0 Å². The molecular weight excluding hydrogens is 332 g/mol. The lowest BCUT2D eigenvalue weighted by Crippen LogP contribution is -2.55. The molecule has 0 radical (unpaired) electrons. The first kappa shape index (κ1) is 20.6. The molecule has 1 atom stereocenters. The number of nitrogens with one attached hydrogen (secondary N) is 1. The van der Waals surface area contributed by atoms with Crippen LogP contribution >= 0.6 is 0 Å². The number of carbonyl (C=O) groups excluding carboxylic acids is 1. The van der Waals surface area contributed by atoms with Crippen LogP contribution in [-0.2, 0) is 6.42 Å². The Morgan fingerprint density at radius 3 is 2.65 bits per heavy atom. The summed E-state index contributed by atoms with van der Waals surface area (Å²) in [5, 5.41) is 9.38. The molecule has 1 fully saturated rings. The van der Waals surface area contributed by atoms with Crippen LogP contribution in [0.2, 0.25) is 0 Å².